The summed E-state index contributed by atoms with van der Waals surface area (Å²) in [6.07, 6.45) is 2.69. The van der Waals surface area contributed by atoms with Crippen LogP contribution in [0.3, 0.4) is 0 Å². The number of carbonyl (C=O) groups excluding carboxylic acids is 2. The minimum atomic E-state index is -0.106. The molecule has 0 aromatic carbocycles. The first-order chi connectivity index (χ1) is 8.17. The van der Waals surface area contributed by atoms with E-state index in [1.165, 1.54) is 0 Å². The molecule has 1 aliphatic heterocycles. The van der Waals surface area contributed by atoms with Gasteiger partial charge in [-0.25, -0.2) is 0 Å². The summed E-state index contributed by atoms with van der Waals surface area (Å²) in [6, 6.07) is 0. The van der Waals surface area contributed by atoms with E-state index >= 15 is 0 Å². The molecular weight excluding hydrogens is 218 g/mol. The molecule has 98 valence electrons. The molecule has 5 heteroatoms. The molecule has 5 nitrogen and oxygen atoms in total. The van der Waals surface area contributed by atoms with E-state index in [4.69, 9.17) is 0 Å². The molecule has 0 spiro atoms. The number of nitrogens with one attached hydrogen (secondary N) is 2. The average molecular weight is 241 g/mol. The second-order valence-electron chi connectivity index (χ2n) is 4.48. The van der Waals surface area contributed by atoms with Gasteiger partial charge in [-0.05, 0) is 38.8 Å². The SMILES string of the molecule is CCN(CC(=O)NC)C(=O)CC1CCNCC1. The standard InChI is InChI=1S/C12H23N3O2/c1-3-15(9-11(16)13-2)12(17)8-10-4-6-14-7-5-10/h10,14H,3-9H2,1-2H3,(H,13,16). The molecule has 0 radical (unpaired) electrons. The number of piperidine rings is 1. The van der Waals surface area contributed by atoms with E-state index in [1.54, 1.807) is 11.9 Å². The summed E-state index contributed by atoms with van der Waals surface area (Å²) in [5.74, 6) is 0.469. The zero-order chi connectivity index (χ0) is 12.7. The smallest absolute Gasteiger partial charge is 0.239 e. The molecule has 2 amide bonds. The van der Waals surface area contributed by atoms with Crippen LogP contribution in [0, 0.1) is 5.92 Å². The van der Waals surface area contributed by atoms with Crippen molar-refractivity contribution in [3.63, 3.8) is 0 Å². The molecule has 0 aromatic heterocycles. The van der Waals surface area contributed by atoms with Crippen molar-refractivity contribution in [2.24, 2.45) is 5.92 Å². The Bertz CT molecular complexity index is 262. The van der Waals surface area contributed by atoms with Gasteiger partial charge in [0.05, 0.1) is 6.54 Å². The van der Waals surface area contributed by atoms with Gasteiger partial charge in [0, 0.05) is 20.0 Å². The fraction of sp³-hybridized carbons (Fsp3) is 0.833. The zero-order valence-corrected chi connectivity index (χ0v) is 10.8. The van der Waals surface area contributed by atoms with Gasteiger partial charge in [-0.1, -0.05) is 0 Å². The number of hydrogen-bond acceptors (Lipinski definition) is 3. The molecule has 1 saturated heterocycles. The van der Waals surface area contributed by atoms with E-state index in [-0.39, 0.29) is 18.4 Å². The van der Waals surface area contributed by atoms with Crippen LogP contribution in [0.4, 0.5) is 0 Å². The van der Waals surface area contributed by atoms with Crippen LogP contribution in [-0.4, -0.2) is 49.9 Å². The fourth-order valence-electron chi connectivity index (χ4n) is 2.09. The Kier molecular flexibility index (Phi) is 5.97. The number of amides is 2. The highest BCUT2D eigenvalue weighted by Crippen LogP contribution is 2.17. The highest BCUT2D eigenvalue weighted by molar-refractivity contribution is 5.84. The van der Waals surface area contributed by atoms with Crippen molar-refractivity contribution < 1.29 is 9.59 Å². The summed E-state index contributed by atoms with van der Waals surface area (Å²) in [4.78, 5) is 24.9. The van der Waals surface area contributed by atoms with Crippen molar-refractivity contribution in [2.75, 3.05) is 33.2 Å². The zero-order valence-electron chi connectivity index (χ0n) is 10.8. The van der Waals surface area contributed by atoms with Crippen LogP contribution in [0.2, 0.25) is 0 Å². The van der Waals surface area contributed by atoms with Crippen LogP contribution in [0.25, 0.3) is 0 Å². The van der Waals surface area contributed by atoms with E-state index in [0.29, 0.717) is 18.9 Å². The van der Waals surface area contributed by atoms with Crippen LogP contribution in [0.1, 0.15) is 26.2 Å². The van der Waals surface area contributed by atoms with E-state index < -0.39 is 0 Å². The lowest BCUT2D eigenvalue weighted by molar-refractivity contribution is -0.136. The average Bonchev–Trinajstić information content (AvgIpc) is 2.36. The van der Waals surface area contributed by atoms with Crippen LogP contribution < -0.4 is 10.6 Å². The van der Waals surface area contributed by atoms with E-state index in [0.717, 1.165) is 25.9 Å². The summed E-state index contributed by atoms with van der Waals surface area (Å²) in [6.45, 7) is 4.68. The molecule has 1 aliphatic rings. The first-order valence-electron chi connectivity index (χ1n) is 6.36. The van der Waals surface area contributed by atoms with Gasteiger partial charge < -0.3 is 15.5 Å². The van der Waals surface area contributed by atoms with E-state index in [1.807, 2.05) is 6.92 Å². The van der Waals surface area contributed by atoms with Crippen LogP contribution in [0.5, 0.6) is 0 Å². The van der Waals surface area contributed by atoms with Gasteiger partial charge in [0.2, 0.25) is 11.8 Å². The van der Waals surface area contributed by atoms with Crippen molar-refractivity contribution in [3.8, 4) is 0 Å². The van der Waals surface area contributed by atoms with E-state index in [2.05, 4.69) is 10.6 Å². The van der Waals surface area contributed by atoms with Gasteiger partial charge in [0.25, 0.3) is 0 Å². The molecule has 1 heterocycles. The van der Waals surface area contributed by atoms with Crippen LogP contribution >= 0.6 is 0 Å². The van der Waals surface area contributed by atoms with Crippen molar-refractivity contribution in [2.45, 2.75) is 26.2 Å². The van der Waals surface area contributed by atoms with Crippen molar-refractivity contribution >= 4 is 11.8 Å². The molecule has 0 unspecified atom stereocenters. The summed E-state index contributed by atoms with van der Waals surface area (Å²) >= 11 is 0. The highest BCUT2D eigenvalue weighted by Gasteiger charge is 2.21. The lowest BCUT2D eigenvalue weighted by atomic mass is 9.94. The first-order valence-corrected chi connectivity index (χ1v) is 6.36. The van der Waals surface area contributed by atoms with Gasteiger partial charge >= 0.3 is 0 Å². The Morgan fingerprint density at radius 3 is 2.53 bits per heavy atom. The Balaban J connectivity index is 2.39. The molecule has 17 heavy (non-hydrogen) atoms. The third-order valence-corrected chi connectivity index (χ3v) is 3.27. The summed E-state index contributed by atoms with van der Waals surface area (Å²) in [5, 5.41) is 5.83. The minimum Gasteiger partial charge on any atom is -0.358 e. The molecule has 0 saturated carbocycles. The molecule has 0 aromatic rings. The normalized spacial score (nSPS) is 16.6. The van der Waals surface area contributed by atoms with Crippen molar-refractivity contribution in [1.29, 1.82) is 0 Å². The lowest BCUT2D eigenvalue weighted by Gasteiger charge is -2.26. The maximum atomic E-state index is 12.0. The molecule has 0 atom stereocenters. The van der Waals surface area contributed by atoms with Gasteiger partial charge in [-0.3, -0.25) is 9.59 Å². The predicted molar refractivity (Wildman–Crippen MR) is 66.5 cm³/mol. The first kappa shape index (κ1) is 14.0. The molecule has 1 fully saturated rings. The number of nitrogens with zero attached hydrogens (tertiary/aromatic N) is 1. The predicted octanol–water partition coefficient (Wildman–Crippen LogP) is -0.0294. The van der Waals surface area contributed by atoms with Crippen molar-refractivity contribution in [1.82, 2.24) is 15.5 Å². The number of hydrogen-bond donors (Lipinski definition) is 2. The fourth-order valence-corrected chi connectivity index (χ4v) is 2.09. The van der Waals surface area contributed by atoms with Gasteiger partial charge in [0.1, 0.15) is 0 Å². The third kappa shape index (κ3) is 4.73. The third-order valence-electron chi connectivity index (χ3n) is 3.27. The largest absolute Gasteiger partial charge is 0.358 e. The summed E-state index contributed by atoms with van der Waals surface area (Å²) in [7, 11) is 1.59. The minimum absolute atomic E-state index is 0.100. The topological polar surface area (TPSA) is 61.4 Å². The Hall–Kier alpha value is -1.10. The molecule has 2 N–H and O–H groups in total. The molecular formula is C12H23N3O2. The monoisotopic (exact) mass is 241 g/mol. The number of rotatable bonds is 5. The Morgan fingerprint density at radius 1 is 1.35 bits per heavy atom. The van der Waals surface area contributed by atoms with E-state index in [9.17, 15) is 9.59 Å². The number of likely N-dealkylation sites (N-methyl/N-ethyl adjacent to an activating group) is 2. The summed E-state index contributed by atoms with van der Waals surface area (Å²) < 4.78 is 0. The maximum absolute atomic E-state index is 12.0. The quantitative estimate of drug-likeness (QED) is 0.710. The summed E-state index contributed by atoms with van der Waals surface area (Å²) in [5.41, 5.74) is 0. The van der Waals surface area contributed by atoms with Crippen LogP contribution in [-0.2, 0) is 9.59 Å². The molecule has 0 aliphatic carbocycles. The van der Waals surface area contributed by atoms with Crippen LogP contribution in [0.15, 0.2) is 0 Å². The van der Waals surface area contributed by atoms with Gasteiger partial charge in [-0.2, -0.15) is 0 Å². The molecule has 0 bridgehead atoms. The van der Waals surface area contributed by atoms with Gasteiger partial charge in [-0.15, -0.1) is 0 Å². The van der Waals surface area contributed by atoms with Gasteiger partial charge in [0.15, 0.2) is 0 Å². The molecule has 1 rings (SSSR count). The number of carbonyl (C=O) groups is 2. The highest BCUT2D eigenvalue weighted by atomic mass is 16.2. The Labute approximate surface area is 103 Å². The maximum Gasteiger partial charge on any atom is 0.239 e. The van der Waals surface area contributed by atoms with Crippen molar-refractivity contribution in [3.05, 3.63) is 0 Å². The lowest BCUT2D eigenvalue weighted by Crippen LogP contribution is -2.41. The Morgan fingerprint density at radius 2 is 2.00 bits per heavy atom. The second-order valence-corrected chi connectivity index (χ2v) is 4.48. The second kappa shape index (κ2) is 7.27.